The summed E-state index contributed by atoms with van der Waals surface area (Å²) in [6.07, 6.45) is 0.198. The highest BCUT2D eigenvalue weighted by molar-refractivity contribution is 7.99. The first-order valence-electron chi connectivity index (χ1n) is 9.10. The number of amides is 1. The van der Waals surface area contributed by atoms with E-state index >= 15 is 0 Å². The van der Waals surface area contributed by atoms with Crippen molar-refractivity contribution in [3.05, 3.63) is 57.4 Å². The van der Waals surface area contributed by atoms with Gasteiger partial charge in [0, 0.05) is 29.2 Å². The standard InChI is InChI=1S/C20H19N3O6S2/c1-28-14-4-6-15(7-5-14)30-10-9-18(24)21-20-22(12-19(25)29-2)16-8-3-13(23(26)27)11-17(16)31-20/h3-8,11H,9-10,12H2,1-2H3. The maximum absolute atomic E-state index is 12.4. The molecule has 1 aromatic heterocycles. The van der Waals surface area contributed by atoms with Gasteiger partial charge in [0.15, 0.2) is 4.80 Å². The van der Waals surface area contributed by atoms with Gasteiger partial charge in [-0.2, -0.15) is 4.99 Å². The van der Waals surface area contributed by atoms with Crippen LogP contribution in [0.2, 0.25) is 0 Å². The highest BCUT2D eigenvalue weighted by atomic mass is 32.2. The first-order chi connectivity index (χ1) is 14.9. The van der Waals surface area contributed by atoms with Crippen molar-refractivity contribution in [1.29, 1.82) is 0 Å². The molecule has 0 unspecified atom stereocenters. The largest absolute Gasteiger partial charge is 0.497 e. The van der Waals surface area contributed by atoms with E-state index in [2.05, 4.69) is 4.99 Å². The van der Waals surface area contributed by atoms with Gasteiger partial charge < -0.3 is 14.0 Å². The molecule has 3 rings (SSSR count). The second-order valence-corrected chi connectivity index (χ2v) is 8.41. The molecule has 162 valence electrons. The topological polar surface area (TPSA) is 113 Å². The summed E-state index contributed by atoms with van der Waals surface area (Å²) < 4.78 is 11.9. The van der Waals surface area contributed by atoms with Gasteiger partial charge >= 0.3 is 5.97 Å². The summed E-state index contributed by atoms with van der Waals surface area (Å²) in [5.74, 6) is 0.431. The Morgan fingerprint density at radius 1 is 1.19 bits per heavy atom. The number of nitrogens with zero attached hydrogens (tertiary/aromatic N) is 3. The predicted octanol–water partition coefficient (Wildman–Crippen LogP) is 3.40. The van der Waals surface area contributed by atoms with Gasteiger partial charge in [0.05, 0.1) is 29.4 Å². The van der Waals surface area contributed by atoms with E-state index in [1.54, 1.807) is 7.11 Å². The normalized spacial score (nSPS) is 11.5. The molecule has 0 spiro atoms. The molecule has 0 aliphatic rings. The molecule has 0 aliphatic carbocycles. The van der Waals surface area contributed by atoms with E-state index in [1.807, 2.05) is 24.3 Å². The Labute approximate surface area is 185 Å². The summed E-state index contributed by atoms with van der Waals surface area (Å²) in [5, 5.41) is 11.1. The molecule has 0 radical (unpaired) electrons. The van der Waals surface area contributed by atoms with Gasteiger partial charge in [-0.05, 0) is 30.3 Å². The quantitative estimate of drug-likeness (QED) is 0.219. The minimum Gasteiger partial charge on any atom is -0.497 e. The van der Waals surface area contributed by atoms with Crippen molar-refractivity contribution in [1.82, 2.24) is 4.57 Å². The first-order valence-corrected chi connectivity index (χ1v) is 10.9. The molecule has 2 aromatic carbocycles. The predicted molar refractivity (Wildman–Crippen MR) is 117 cm³/mol. The van der Waals surface area contributed by atoms with Gasteiger partial charge in [0.2, 0.25) is 5.91 Å². The number of benzene rings is 2. The number of methoxy groups -OCH3 is 2. The SMILES string of the molecule is COC(=O)Cn1c(=NC(=O)CCSc2ccc(OC)cc2)sc2cc([N+](=O)[O-])ccc21. The molecule has 1 heterocycles. The minimum absolute atomic E-state index is 0.0762. The second kappa shape index (κ2) is 10.2. The number of non-ortho nitro benzene ring substituents is 1. The van der Waals surface area contributed by atoms with Crippen LogP contribution in [-0.4, -0.2) is 41.3 Å². The van der Waals surface area contributed by atoms with Gasteiger partial charge in [-0.1, -0.05) is 11.3 Å². The summed E-state index contributed by atoms with van der Waals surface area (Å²) in [4.78, 5) is 40.3. The number of esters is 1. The summed E-state index contributed by atoms with van der Waals surface area (Å²) in [5.41, 5.74) is 0.493. The van der Waals surface area contributed by atoms with Crippen molar-refractivity contribution < 1.29 is 24.0 Å². The van der Waals surface area contributed by atoms with Gasteiger partial charge in [0.25, 0.3) is 5.69 Å². The Morgan fingerprint density at radius 3 is 2.58 bits per heavy atom. The third-order valence-electron chi connectivity index (χ3n) is 4.26. The molecule has 9 nitrogen and oxygen atoms in total. The molecular weight excluding hydrogens is 442 g/mol. The zero-order valence-corrected chi connectivity index (χ0v) is 18.4. The van der Waals surface area contributed by atoms with Crippen LogP contribution >= 0.6 is 23.1 Å². The van der Waals surface area contributed by atoms with Crippen LogP contribution in [0.15, 0.2) is 52.4 Å². The van der Waals surface area contributed by atoms with Crippen molar-refractivity contribution in [3.8, 4) is 5.75 Å². The molecule has 11 heteroatoms. The smallest absolute Gasteiger partial charge is 0.325 e. The lowest BCUT2D eigenvalue weighted by molar-refractivity contribution is -0.384. The summed E-state index contributed by atoms with van der Waals surface area (Å²) >= 11 is 2.63. The number of thiazole rings is 1. The number of aromatic nitrogens is 1. The average molecular weight is 462 g/mol. The molecule has 0 fully saturated rings. The number of carbonyl (C=O) groups excluding carboxylic acids is 2. The van der Waals surface area contributed by atoms with Crippen LogP contribution in [0, 0.1) is 10.1 Å². The lowest BCUT2D eigenvalue weighted by atomic mass is 10.3. The van der Waals surface area contributed by atoms with Crippen LogP contribution < -0.4 is 9.54 Å². The molecule has 0 aliphatic heterocycles. The average Bonchev–Trinajstić information content (AvgIpc) is 3.09. The Bertz CT molecular complexity index is 1180. The molecule has 1 amide bonds. The Kier molecular flexibility index (Phi) is 7.42. The molecular formula is C20H19N3O6S2. The third kappa shape index (κ3) is 5.70. The van der Waals surface area contributed by atoms with Gasteiger partial charge in [-0.3, -0.25) is 19.7 Å². The second-order valence-electron chi connectivity index (χ2n) is 6.24. The number of fused-ring (bicyclic) bond motifs is 1. The Hall–Kier alpha value is -3.18. The molecule has 3 aromatic rings. The third-order valence-corrected chi connectivity index (χ3v) is 6.31. The number of nitro groups is 1. The monoisotopic (exact) mass is 461 g/mol. The highest BCUT2D eigenvalue weighted by Gasteiger charge is 2.15. The lowest BCUT2D eigenvalue weighted by Crippen LogP contribution is -2.22. The fourth-order valence-electron chi connectivity index (χ4n) is 2.70. The number of ether oxygens (including phenoxy) is 2. The van der Waals surface area contributed by atoms with Crippen molar-refractivity contribution in [2.24, 2.45) is 4.99 Å². The zero-order valence-electron chi connectivity index (χ0n) is 16.8. The van der Waals surface area contributed by atoms with Crippen LogP contribution in [-0.2, 0) is 20.9 Å². The number of thioether (sulfide) groups is 1. The molecule has 0 N–H and O–H groups in total. The van der Waals surface area contributed by atoms with Crippen molar-refractivity contribution in [3.63, 3.8) is 0 Å². The number of hydrogen-bond donors (Lipinski definition) is 0. The van der Waals surface area contributed by atoms with E-state index in [4.69, 9.17) is 9.47 Å². The molecule has 31 heavy (non-hydrogen) atoms. The van der Waals surface area contributed by atoms with E-state index < -0.39 is 10.9 Å². The maximum Gasteiger partial charge on any atom is 0.325 e. The number of rotatable bonds is 8. The fraction of sp³-hybridized carbons (Fsp3) is 0.250. The lowest BCUT2D eigenvalue weighted by Gasteiger charge is -2.04. The van der Waals surface area contributed by atoms with Crippen LogP contribution in [0.3, 0.4) is 0 Å². The van der Waals surface area contributed by atoms with E-state index in [1.165, 1.54) is 41.6 Å². The summed E-state index contributed by atoms with van der Waals surface area (Å²) in [6, 6.07) is 11.8. The van der Waals surface area contributed by atoms with E-state index in [0.29, 0.717) is 20.8 Å². The van der Waals surface area contributed by atoms with Crippen molar-refractivity contribution >= 4 is 50.9 Å². The fourth-order valence-corrected chi connectivity index (χ4v) is 4.62. The molecule has 0 saturated heterocycles. The van der Waals surface area contributed by atoms with Crippen molar-refractivity contribution in [2.75, 3.05) is 20.0 Å². The molecule has 0 atom stereocenters. The van der Waals surface area contributed by atoms with Crippen molar-refractivity contribution in [2.45, 2.75) is 17.9 Å². The Balaban J connectivity index is 1.80. The van der Waals surface area contributed by atoms with E-state index in [0.717, 1.165) is 22.0 Å². The molecule has 0 bridgehead atoms. The van der Waals surface area contributed by atoms with Gasteiger partial charge in [-0.15, -0.1) is 11.8 Å². The van der Waals surface area contributed by atoms with Crippen LogP contribution in [0.4, 0.5) is 5.69 Å². The van der Waals surface area contributed by atoms with Crippen LogP contribution in [0.5, 0.6) is 5.75 Å². The maximum atomic E-state index is 12.4. The number of carbonyl (C=O) groups is 2. The van der Waals surface area contributed by atoms with Gasteiger partial charge in [-0.25, -0.2) is 0 Å². The Morgan fingerprint density at radius 2 is 1.94 bits per heavy atom. The summed E-state index contributed by atoms with van der Waals surface area (Å²) in [7, 11) is 2.86. The highest BCUT2D eigenvalue weighted by Crippen LogP contribution is 2.24. The number of hydrogen-bond acceptors (Lipinski definition) is 8. The zero-order chi connectivity index (χ0) is 22.4. The molecule has 0 saturated carbocycles. The first kappa shape index (κ1) is 22.5. The summed E-state index contributed by atoms with van der Waals surface area (Å²) in [6.45, 7) is -0.152. The van der Waals surface area contributed by atoms with Gasteiger partial charge in [0.1, 0.15) is 12.3 Å². The van der Waals surface area contributed by atoms with E-state index in [-0.39, 0.29) is 24.6 Å². The van der Waals surface area contributed by atoms with Crippen LogP contribution in [0.25, 0.3) is 10.2 Å². The number of nitro benzene ring substituents is 1. The minimum atomic E-state index is -0.512. The van der Waals surface area contributed by atoms with Crippen LogP contribution in [0.1, 0.15) is 6.42 Å². The van der Waals surface area contributed by atoms with E-state index in [9.17, 15) is 19.7 Å².